The highest BCUT2D eigenvalue weighted by Crippen LogP contribution is 2.30. The van der Waals surface area contributed by atoms with Crippen molar-refractivity contribution in [3.63, 3.8) is 0 Å². The molecule has 2 aromatic rings. The third kappa shape index (κ3) is 5.39. The Morgan fingerprint density at radius 2 is 2.07 bits per heavy atom. The predicted octanol–water partition coefficient (Wildman–Crippen LogP) is 3.67. The minimum absolute atomic E-state index is 0.141. The van der Waals surface area contributed by atoms with Gasteiger partial charge in [-0.2, -0.15) is 10.2 Å². The van der Waals surface area contributed by atoms with Crippen LogP contribution in [0.3, 0.4) is 0 Å². The van der Waals surface area contributed by atoms with Crippen LogP contribution in [-0.4, -0.2) is 31.7 Å². The average molecular weight is 398 g/mol. The number of pyridine rings is 1. The molecule has 0 unspecified atom stereocenters. The number of anilines is 2. The molecule has 154 valence electrons. The van der Waals surface area contributed by atoms with Gasteiger partial charge in [-0.3, -0.25) is 4.98 Å². The van der Waals surface area contributed by atoms with Gasteiger partial charge in [0.25, 0.3) is 0 Å². The highest BCUT2D eigenvalue weighted by molar-refractivity contribution is 5.54. The van der Waals surface area contributed by atoms with E-state index in [0.717, 1.165) is 18.4 Å². The van der Waals surface area contributed by atoms with Crippen LogP contribution in [0.1, 0.15) is 63.3 Å². The van der Waals surface area contributed by atoms with Crippen molar-refractivity contribution in [1.82, 2.24) is 15.0 Å². The average Bonchev–Trinajstić information content (AvgIpc) is 2.68. The number of halogens is 1. The second kappa shape index (κ2) is 8.29. The molecule has 1 saturated carbocycles. The van der Waals surface area contributed by atoms with Gasteiger partial charge in [0.2, 0.25) is 5.95 Å². The summed E-state index contributed by atoms with van der Waals surface area (Å²) < 4.78 is 14.4. The molecule has 0 saturated heterocycles. The third-order valence-electron chi connectivity index (χ3n) is 5.20. The van der Waals surface area contributed by atoms with Crippen LogP contribution in [0.4, 0.5) is 16.2 Å². The lowest BCUT2D eigenvalue weighted by Gasteiger charge is -2.33. The standard InChI is InChI=1S/C21H27FN6O/c1-20(2,22)17-14(5-4-10-24-17)12-25-19-26-13-15(11-23)18(28-19)27-16-6-8-21(3,29)9-7-16/h4-5,10,13,16,29H,6-9,12H2,1-3H3,(H2,25,26,27,28). The van der Waals surface area contributed by atoms with Crippen LogP contribution in [0.15, 0.2) is 24.5 Å². The van der Waals surface area contributed by atoms with E-state index in [1.807, 2.05) is 13.0 Å². The Morgan fingerprint density at radius 1 is 1.34 bits per heavy atom. The number of rotatable bonds is 6. The second-order valence-electron chi connectivity index (χ2n) is 8.32. The van der Waals surface area contributed by atoms with Crippen molar-refractivity contribution >= 4 is 11.8 Å². The fourth-order valence-corrected chi connectivity index (χ4v) is 3.53. The summed E-state index contributed by atoms with van der Waals surface area (Å²) >= 11 is 0. The van der Waals surface area contributed by atoms with E-state index in [9.17, 15) is 14.8 Å². The van der Waals surface area contributed by atoms with E-state index in [4.69, 9.17) is 0 Å². The molecule has 2 aromatic heterocycles. The number of nitriles is 1. The molecule has 0 radical (unpaired) electrons. The molecule has 0 bridgehead atoms. The summed E-state index contributed by atoms with van der Waals surface area (Å²) in [5, 5.41) is 25.9. The van der Waals surface area contributed by atoms with E-state index in [1.54, 1.807) is 12.3 Å². The highest BCUT2D eigenvalue weighted by Gasteiger charge is 2.29. The first-order valence-electron chi connectivity index (χ1n) is 9.81. The second-order valence-corrected chi connectivity index (χ2v) is 8.32. The maximum Gasteiger partial charge on any atom is 0.224 e. The zero-order chi connectivity index (χ0) is 21.1. The quantitative estimate of drug-likeness (QED) is 0.681. The van der Waals surface area contributed by atoms with Crippen molar-refractivity contribution in [2.75, 3.05) is 10.6 Å². The molecule has 0 aliphatic heterocycles. The SMILES string of the molecule is CC1(O)CCC(Nc2nc(NCc3cccnc3C(C)(C)F)ncc2C#N)CC1. The zero-order valence-electron chi connectivity index (χ0n) is 17.0. The number of hydrogen-bond donors (Lipinski definition) is 3. The topological polar surface area (TPSA) is 107 Å². The summed E-state index contributed by atoms with van der Waals surface area (Å²) in [7, 11) is 0. The molecular formula is C21H27FN6O. The van der Waals surface area contributed by atoms with Crippen molar-refractivity contribution in [2.45, 2.75) is 70.3 Å². The molecule has 0 aromatic carbocycles. The Balaban J connectivity index is 1.72. The fraction of sp³-hybridized carbons (Fsp3) is 0.524. The van der Waals surface area contributed by atoms with Crippen molar-refractivity contribution in [1.29, 1.82) is 5.26 Å². The lowest BCUT2D eigenvalue weighted by Crippen LogP contribution is -2.36. The van der Waals surface area contributed by atoms with Gasteiger partial charge in [0.05, 0.1) is 17.5 Å². The third-order valence-corrected chi connectivity index (χ3v) is 5.20. The molecule has 1 fully saturated rings. The van der Waals surface area contributed by atoms with E-state index >= 15 is 0 Å². The molecule has 3 N–H and O–H groups in total. The fourth-order valence-electron chi connectivity index (χ4n) is 3.53. The van der Waals surface area contributed by atoms with Gasteiger partial charge in [0, 0.05) is 18.8 Å². The minimum Gasteiger partial charge on any atom is -0.390 e. The summed E-state index contributed by atoms with van der Waals surface area (Å²) in [5.74, 6) is 0.814. The maximum atomic E-state index is 14.4. The minimum atomic E-state index is -1.56. The first kappa shape index (κ1) is 20.9. The van der Waals surface area contributed by atoms with Gasteiger partial charge >= 0.3 is 0 Å². The van der Waals surface area contributed by atoms with Crippen LogP contribution >= 0.6 is 0 Å². The number of nitrogens with zero attached hydrogens (tertiary/aromatic N) is 4. The number of nitrogens with one attached hydrogen (secondary N) is 2. The van der Waals surface area contributed by atoms with Crippen molar-refractivity contribution < 1.29 is 9.50 Å². The summed E-state index contributed by atoms with van der Waals surface area (Å²) in [6.07, 6.45) is 6.05. The van der Waals surface area contributed by atoms with Crippen LogP contribution in [-0.2, 0) is 12.2 Å². The van der Waals surface area contributed by atoms with Gasteiger partial charge in [0.1, 0.15) is 23.1 Å². The van der Waals surface area contributed by atoms with Crippen molar-refractivity contribution in [3.8, 4) is 6.07 Å². The Labute approximate surface area is 170 Å². The van der Waals surface area contributed by atoms with Crippen LogP contribution in [0.2, 0.25) is 0 Å². The van der Waals surface area contributed by atoms with Crippen LogP contribution < -0.4 is 10.6 Å². The van der Waals surface area contributed by atoms with E-state index < -0.39 is 11.3 Å². The van der Waals surface area contributed by atoms with E-state index in [1.165, 1.54) is 20.0 Å². The van der Waals surface area contributed by atoms with Gasteiger partial charge in [-0.05, 0) is 58.1 Å². The molecule has 7 nitrogen and oxygen atoms in total. The first-order valence-corrected chi connectivity index (χ1v) is 9.81. The monoisotopic (exact) mass is 398 g/mol. The molecule has 8 heteroatoms. The molecule has 1 aliphatic carbocycles. The van der Waals surface area contributed by atoms with Gasteiger partial charge in [0.15, 0.2) is 0 Å². The first-order chi connectivity index (χ1) is 13.7. The van der Waals surface area contributed by atoms with E-state index in [2.05, 4.69) is 31.7 Å². The van der Waals surface area contributed by atoms with E-state index in [-0.39, 0.29) is 6.04 Å². The Bertz CT molecular complexity index is 893. The summed E-state index contributed by atoms with van der Waals surface area (Å²) in [6, 6.07) is 5.82. The summed E-state index contributed by atoms with van der Waals surface area (Å²) in [6.45, 7) is 5.11. The lowest BCUT2D eigenvalue weighted by atomic mass is 9.83. The Kier molecular flexibility index (Phi) is 5.99. The molecule has 3 rings (SSSR count). The Hall–Kier alpha value is -2.79. The number of aliphatic hydroxyl groups is 1. The highest BCUT2D eigenvalue weighted by atomic mass is 19.1. The molecule has 0 amide bonds. The maximum absolute atomic E-state index is 14.4. The van der Waals surface area contributed by atoms with E-state index in [0.29, 0.717) is 42.4 Å². The van der Waals surface area contributed by atoms with Crippen LogP contribution in [0, 0.1) is 11.3 Å². The molecule has 29 heavy (non-hydrogen) atoms. The van der Waals surface area contributed by atoms with Crippen LogP contribution in [0.5, 0.6) is 0 Å². The van der Waals surface area contributed by atoms with Gasteiger partial charge in [-0.25, -0.2) is 9.37 Å². The summed E-state index contributed by atoms with van der Waals surface area (Å²) in [4.78, 5) is 12.8. The molecule has 0 spiro atoms. The van der Waals surface area contributed by atoms with Crippen molar-refractivity contribution in [3.05, 3.63) is 41.3 Å². The largest absolute Gasteiger partial charge is 0.390 e. The normalized spacial score (nSPS) is 22.0. The smallest absolute Gasteiger partial charge is 0.224 e. The molecule has 2 heterocycles. The van der Waals surface area contributed by atoms with Crippen molar-refractivity contribution in [2.24, 2.45) is 0 Å². The molecule has 0 atom stereocenters. The molecular weight excluding hydrogens is 371 g/mol. The number of alkyl halides is 1. The van der Waals surface area contributed by atoms with Gasteiger partial charge in [-0.15, -0.1) is 0 Å². The lowest BCUT2D eigenvalue weighted by molar-refractivity contribution is 0.0196. The van der Waals surface area contributed by atoms with Crippen LogP contribution in [0.25, 0.3) is 0 Å². The zero-order valence-corrected chi connectivity index (χ0v) is 17.0. The molecule has 1 aliphatic rings. The number of aromatic nitrogens is 3. The van der Waals surface area contributed by atoms with Gasteiger partial charge < -0.3 is 15.7 Å². The van der Waals surface area contributed by atoms with Gasteiger partial charge in [-0.1, -0.05) is 6.07 Å². The summed E-state index contributed by atoms with van der Waals surface area (Å²) in [5.41, 5.74) is -0.732. The number of hydrogen-bond acceptors (Lipinski definition) is 7. The predicted molar refractivity (Wildman–Crippen MR) is 109 cm³/mol. The Morgan fingerprint density at radius 3 is 2.72 bits per heavy atom.